The monoisotopic (exact) mass is 287 g/mol. The van der Waals surface area contributed by atoms with Crippen molar-refractivity contribution >= 4 is 10.9 Å². The third kappa shape index (κ3) is 3.12. The van der Waals surface area contributed by atoms with Gasteiger partial charge in [0.05, 0.1) is 0 Å². The molecule has 4 nitrogen and oxygen atoms in total. The Hall–Kier alpha value is -1.36. The molecular weight excluding hydrogens is 262 g/mol. The molecule has 0 saturated carbocycles. The molecule has 1 aliphatic rings. The molecule has 2 atom stereocenters. The average Bonchev–Trinajstić information content (AvgIpc) is 2.94. The lowest BCUT2D eigenvalue weighted by atomic mass is 9.91. The van der Waals surface area contributed by atoms with Gasteiger partial charge in [-0.15, -0.1) is 0 Å². The quantitative estimate of drug-likeness (QED) is 0.903. The highest BCUT2D eigenvalue weighted by atomic mass is 16.3. The van der Waals surface area contributed by atoms with Gasteiger partial charge in [0.1, 0.15) is 0 Å². The molecule has 4 heteroatoms. The van der Waals surface area contributed by atoms with Crippen molar-refractivity contribution in [2.75, 3.05) is 33.8 Å². The van der Waals surface area contributed by atoms with E-state index in [1.807, 2.05) is 6.20 Å². The van der Waals surface area contributed by atoms with E-state index < -0.39 is 0 Å². The summed E-state index contributed by atoms with van der Waals surface area (Å²) in [4.78, 5) is 7.99. The van der Waals surface area contributed by atoms with E-state index in [9.17, 15) is 5.11 Å². The minimum Gasteiger partial charge on any atom is -0.396 e. The lowest BCUT2D eigenvalue weighted by molar-refractivity contribution is 0.0461. The zero-order valence-corrected chi connectivity index (χ0v) is 12.9. The number of benzene rings is 1. The second-order valence-corrected chi connectivity index (χ2v) is 6.40. The number of hydrogen-bond acceptors (Lipinski definition) is 3. The van der Waals surface area contributed by atoms with Gasteiger partial charge in [0.25, 0.3) is 0 Å². The highest BCUT2D eigenvalue weighted by molar-refractivity contribution is 5.79. The number of aliphatic hydroxyl groups excluding tert-OH is 1. The Morgan fingerprint density at radius 3 is 2.95 bits per heavy atom. The van der Waals surface area contributed by atoms with Crippen LogP contribution in [-0.4, -0.2) is 59.7 Å². The minimum absolute atomic E-state index is 0.298. The highest BCUT2D eigenvalue weighted by Crippen LogP contribution is 2.23. The van der Waals surface area contributed by atoms with Crippen LogP contribution in [0.2, 0.25) is 0 Å². The fourth-order valence-electron chi connectivity index (χ4n) is 3.45. The molecule has 0 radical (unpaired) electrons. The van der Waals surface area contributed by atoms with Crippen LogP contribution in [-0.2, 0) is 6.54 Å². The van der Waals surface area contributed by atoms with Crippen LogP contribution in [0.25, 0.3) is 10.9 Å². The molecule has 1 aliphatic heterocycles. The van der Waals surface area contributed by atoms with Crippen molar-refractivity contribution in [3.63, 3.8) is 0 Å². The molecule has 2 N–H and O–H groups in total. The van der Waals surface area contributed by atoms with E-state index >= 15 is 0 Å². The number of piperidine rings is 1. The second-order valence-electron chi connectivity index (χ2n) is 6.40. The fourth-order valence-corrected chi connectivity index (χ4v) is 3.45. The van der Waals surface area contributed by atoms with E-state index in [0.717, 1.165) is 26.1 Å². The predicted molar refractivity (Wildman–Crippen MR) is 86.2 cm³/mol. The number of nitrogens with zero attached hydrogens (tertiary/aromatic N) is 2. The fraction of sp³-hybridized carbons (Fsp3) is 0.529. The molecule has 0 bridgehead atoms. The van der Waals surface area contributed by atoms with Gasteiger partial charge in [-0.25, -0.2) is 0 Å². The summed E-state index contributed by atoms with van der Waals surface area (Å²) in [5.74, 6) is 0.406. The molecule has 2 heterocycles. The highest BCUT2D eigenvalue weighted by Gasteiger charge is 2.30. The number of hydrogen-bond donors (Lipinski definition) is 2. The Morgan fingerprint density at radius 1 is 1.33 bits per heavy atom. The number of rotatable bonds is 4. The second kappa shape index (κ2) is 6.18. The molecule has 1 aromatic heterocycles. The van der Waals surface area contributed by atoms with E-state index in [-0.39, 0.29) is 0 Å². The Labute approximate surface area is 126 Å². The number of likely N-dealkylation sites (N-methyl/N-ethyl adjacent to an activating group) is 1. The smallest absolute Gasteiger partial charge is 0.0475 e. The number of aromatic nitrogens is 1. The SMILES string of the molecule is CN(C)[C@@H]1CN(Cc2ccc3[nH]ccc3c2)CC[C@H]1CO. The molecule has 1 saturated heterocycles. The first kappa shape index (κ1) is 14.6. The number of aromatic amines is 1. The molecule has 3 rings (SSSR count). The maximum Gasteiger partial charge on any atom is 0.0475 e. The number of H-pyrrole nitrogens is 1. The number of fused-ring (bicyclic) bond motifs is 1. The first-order valence-corrected chi connectivity index (χ1v) is 7.73. The Kier molecular flexibility index (Phi) is 4.29. The van der Waals surface area contributed by atoms with Crippen molar-refractivity contribution in [1.82, 2.24) is 14.8 Å². The van der Waals surface area contributed by atoms with Gasteiger partial charge in [-0.05, 0) is 62.1 Å². The van der Waals surface area contributed by atoms with Crippen LogP contribution < -0.4 is 0 Å². The van der Waals surface area contributed by atoms with Crippen molar-refractivity contribution in [1.29, 1.82) is 0 Å². The van der Waals surface area contributed by atoms with Crippen molar-refractivity contribution < 1.29 is 5.11 Å². The topological polar surface area (TPSA) is 42.5 Å². The molecule has 1 fully saturated rings. The van der Waals surface area contributed by atoms with Crippen LogP contribution in [0.1, 0.15) is 12.0 Å². The Morgan fingerprint density at radius 2 is 2.19 bits per heavy atom. The van der Waals surface area contributed by atoms with Gasteiger partial charge < -0.3 is 15.0 Å². The van der Waals surface area contributed by atoms with Crippen LogP contribution in [0.15, 0.2) is 30.5 Å². The van der Waals surface area contributed by atoms with Crippen LogP contribution >= 0.6 is 0 Å². The molecule has 1 aromatic carbocycles. The van der Waals surface area contributed by atoms with Crippen molar-refractivity contribution in [2.45, 2.75) is 19.0 Å². The summed E-state index contributed by atoms with van der Waals surface area (Å²) >= 11 is 0. The molecule has 114 valence electrons. The summed E-state index contributed by atoms with van der Waals surface area (Å²) in [7, 11) is 4.23. The predicted octanol–water partition coefficient (Wildman–Crippen LogP) is 1.91. The lowest BCUT2D eigenvalue weighted by Gasteiger charge is -2.41. The summed E-state index contributed by atoms with van der Waals surface area (Å²) < 4.78 is 0. The largest absolute Gasteiger partial charge is 0.396 e. The van der Waals surface area contributed by atoms with Gasteiger partial charge in [-0.1, -0.05) is 6.07 Å². The van der Waals surface area contributed by atoms with Gasteiger partial charge in [0.2, 0.25) is 0 Å². The number of likely N-dealkylation sites (tertiary alicyclic amines) is 1. The molecule has 21 heavy (non-hydrogen) atoms. The molecular formula is C17H25N3O. The van der Waals surface area contributed by atoms with E-state index in [4.69, 9.17) is 0 Å². The van der Waals surface area contributed by atoms with Gasteiger partial charge in [0, 0.05) is 37.5 Å². The number of aliphatic hydroxyl groups is 1. The molecule has 0 amide bonds. The zero-order chi connectivity index (χ0) is 14.8. The third-order valence-corrected chi connectivity index (χ3v) is 4.73. The minimum atomic E-state index is 0.298. The molecule has 0 spiro atoms. The summed E-state index contributed by atoms with van der Waals surface area (Å²) in [6.07, 6.45) is 3.06. The van der Waals surface area contributed by atoms with Gasteiger partial charge >= 0.3 is 0 Å². The van der Waals surface area contributed by atoms with Crippen LogP contribution in [0, 0.1) is 5.92 Å². The van der Waals surface area contributed by atoms with Gasteiger partial charge in [-0.2, -0.15) is 0 Å². The first-order valence-electron chi connectivity index (χ1n) is 7.73. The average molecular weight is 287 g/mol. The Balaban J connectivity index is 1.69. The van der Waals surface area contributed by atoms with E-state index in [2.05, 4.69) is 53.1 Å². The van der Waals surface area contributed by atoms with E-state index in [0.29, 0.717) is 18.6 Å². The van der Waals surface area contributed by atoms with Crippen LogP contribution in [0.5, 0.6) is 0 Å². The normalized spacial score (nSPS) is 24.0. The van der Waals surface area contributed by atoms with Gasteiger partial charge in [0.15, 0.2) is 0 Å². The lowest BCUT2D eigenvalue weighted by Crippen LogP contribution is -2.51. The summed E-state index contributed by atoms with van der Waals surface area (Å²) in [5.41, 5.74) is 2.56. The van der Waals surface area contributed by atoms with Gasteiger partial charge in [-0.3, -0.25) is 4.90 Å². The zero-order valence-electron chi connectivity index (χ0n) is 12.9. The standard InChI is InChI=1S/C17H25N3O/c1-19(2)17-11-20(8-6-15(17)12-21)10-13-3-4-16-14(9-13)5-7-18-16/h3-5,7,9,15,17-18,21H,6,8,10-12H2,1-2H3/t15-,17+/m0/s1. The first-order chi connectivity index (χ1) is 10.2. The van der Waals surface area contributed by atoms with Crippen molar-refractivity contribution in [2.24, 2.45) is 5.92 Å². The van der Waals surface area contributed by atoms with E-state index in [1.165, 1.54) is 16.5 Å². The number of nitrogens with one attached hydrogen (secondary N) is 1. The Bertz CT molecular complexity index is 592. The van der Waals surface area contributed by atoms with Crippen LogP contribution in [0.4, 0.5) is 0 Å². The molecule has 0 unspecified atom stereocenters. The molecule has 2 aromatic rings. The summed E-state index contributed by atoms with van der Waals surface area (Å²) in [6.45, 7) is 3.39. The maximum absolute atomic E-state index is 9.53. The van der Waals surface area contributed by atoms with E-state index in [1.54, 1.807) is 0 Å². The van der Waals surface area contributed by atoms with Crippen molar-refractivity contribution in [3.05, 3.63) is 36.0 Å². The van der Waals surface area contributed by atoms with Crippen molar-refractivity contribution in [3.8, 4) is 0 Å². The summed E-state index contributed by atoms with van der Waals surface area (Å²) in [6, 6.07) is 9.21. The maximum atomic E-state index is 9.53. The third-order valence-electron chi connectivity index (χ3n) is 4.73. The van der Waals surface area contributed by atoms with Crippen LogP contribution in [0.3, 0.4) is 0 Å². The summed E-state index contributed by atoms with van der Waals surface area (Å²) in [5, 5.41) is 10.8. The molecule has 0 aliphatic carbocycles.